The highest BCUT2D eigenvalue weighted by Crippen LogP contribution is 2.25. The first-order valence-electron chi connectivity index (χ1n) is 8.12. The maximum Gasteiger partial charge on any atom is 0.0178 e. The van der Waals surface area contributed by atoms with Gasteiger partial charge in [0.15, 0.2) is 0 Å². The highest BCUT2D eigenvalue weighted by Gasteiger charge is 2.12. The lowest BCUT2D eigenvalue weighted by molar-refractivity contribution is 0.484. The summed E-state index contributed by atoms with van der Waals surface area (Å²) >= 11 is 3.59. The van der Waals surface area contributed by atoms with Gasteiger partial charge in [0, 0.05) is 17.1 Å². The Morgan fingerprint density at radius 2 is 1.85 bits per heavy atom. The smallest absolute Gasteiger partial charge is 0.0178 e. The first-order chi connectivity index (χ1) is 9.63. The average molecular weight is 340 g/mol. The van der Waals surface area contributed by atoms with Crippen LogP contribution < -0.4 is 5.32 Å². The number of hydrogen-bond acceptors (Lipinski definition) is 1. The van der Waals surface area contributed by atoms with E-state index in [1.807, 2.05) is 0 Å². The van der Waals surface area contributed by atoms with Crippen LogP contribution in [0.5, 0.6) is 0 Å². The Bertz CT molecular complexity index is 362. The quantitative estimate of drug-likeness (QED) is 0.524. The fraction of sp³-hybridized carbons (Fsp3) is 0.667. The third-order valence-electron chi connectivity index (χ3n) is 3.75. The van der Waals surface area contributed by atoms with E-state index in [1.54, 1.807) is 0 Å². The minimum absolute atomic E-state index is 0.560. The van der Waals surface area contributed by atoms with Gasteiger partial charge in [-0.15, -0.1) is 0 Å². The van der Waals surface area contributed by atoms with Gasteiger partial charge in [-0.25, -0.2) is 0 Å². The Morgan fingerprint density at radius 1 is 1.10 bits per heavy atom. The normalized spacial score (nSPS) is 12.8. The molecule has 114 valence electrons. The monoisotopic (exact) mass is 339 g/mol. The minimum Gasteiger partial charge on any atom is -0.314 e. The summed E-state index contributed by atoms with van der Waals surface area (Å²) in [5, 5.41) is 3.60. The molecule has 0 fully saturated rings. The Balaban J connectivity index is 2.51. The lowest BCUT2D eigenvalue weighted by Gasteiger charge is -2.20. The molecule has 0 heterocycles. The second kappa shape index (κ2) is 10.4. The second-order valence-corrected chi connectivity index (χ2v) is 6.93. The van der Waals surface area contributed by atoms with Crippen LogP contribution >= 0.6 is 15.9 Å². The molecule has 1 aromatic rings. The van der Waals surface area contributed by atoms with E-state index in [-0.39, 0.29) is 0 Å². The molecule has 2 heteroatoms. The van der Waals surface area contributed by atoms with E-state index in [9.17, 15) is 0 Å². The van der Waals surface area contributed by atoms with Crippen molar-refractivity contribution in [3.8, 4) is 0 Å². The van der Waals surface area contributed by atoms with Gasteiger partial charge in [0.2, 0.25) is 0 Å². The molecule has 0 bridgehead atoms. The number of halogens is 1. The molecule has 0 aromatic heterocycles. The zero-order chi connectivity index (χ0) is 14.8. The van der Waals surface area contributed by atoms with Crippen molar-refractivity contribution in [1.29, 1.82) is 0 Å². The van der Waals surface area contributed by atoms with Crippen LogP contribution in [-0.4, -0.2) is 12.6 Å². The van der Waals surface area contributed by atoms with Crippen molar-refractivity contribution in [2.24, 2.45) is 0 Å². The fourth-order valence-corrected chi connectivity index (χ4v) is 2.94. The van der Waals surface area contributed by atoms with E-state index in [0.29, 0.717) is 12.0 Å². The van der Waals surface area contributed by atoms with Crippen LogP contribution in [0.3, 0.4) is 0 Å². The lowest BCUT2D eigenvalue weighted by Crippen LogP contribution is -2.28. The highest BCUT2D eigenvalue weighted by atomic mass is 79.9. The van der Waals surface area contributed by atoms with Gasteiger partial charge in [-0.2, -0.15) is 0 Å². The van der Waals surface area contributed by atoms with E-state index in [1.165, 1.54) is 48.6 Å². The molecule has 1 aromatic carbocycles. The van der Waals surface area contributed by atoms with Crippen molar-refractivity contribution in [3.63, 3.8) is 0 Å². The van der Waals surface area contributed by atoms with E-state index in [0.717, 1.165) is 6.54 Å². The van der Waals surface area contributed by atoms with Crippen molar-refractivity contribution in [2.45, 2.75) is 71.3 Å². The Hall–Kier alpha value is -0.340. The van der Waals surface area contributed by atoms with Gasteiger partial charge < -0.3 is 5.32 Å². The summed E-state index contributed by atoms with van der Waals surface area (Å²) in [5.41, 5.74) is 1.46. The van der Waals surface area contributed by atoms with E-state index in [4.69, 9.17) is 0 Å². The average Bonchev–Trinajstić information content (AvgIpc) is 2.41. The number of rotatable bonds is 10. The Morgan fingerprint density at radius 3 is 2.50 bits per heavy atom. The summed E-state index contributed by atoms with van der Waals surface area (Å²) in [6.45, 7) is 7.80. The van der Waals surface area contributed by atoms with Gasteiger partial charge in [-0.3, -0.25) is 0 Å². The van der Waals surface area contributed by atoms with Gasteiger partial charge in [0.1, 0.15) is 0 Å². The topological polar surface area (TPSA) is 12.0 Å². The molecule has 1 nitrogen and oxygen atoms in total. The molecule has 0 aliphatic carbocycles. The summed E-state index contributed by atoms with van der Waals surface area (Å²) in [6, 6.07) is 9.36. The molecule has 0 saturated carbocycles. The molecule has 0 amide bonds. The molecule has 0 aliphatic rings. The second-order valence-electron chi connectivity index (χ2n) is 6.02. The summed E-state index contributed by atoms with van der Waals surface area (Å²) in [6.07, 6.45) is 8.10. The van der Waals surface area contributed by atoms with E-state index in [2.05, 4.69) is 66.3 Å². The van der Waals surface area contributed by atoms with Gasteiger partial charge >= 0.3 is 0 Å². The van der Waals surface area contributed by atoms with Crippen LogP contribution in [0.15, 0.2) is 28.7 Å². The molecule has 1 rings (SSSR count). The molecule has 0 radical (unpaired) electrons. The fourth-order valence-electron chi connectivity index (χ4n) is 2.52. The molecule has 1 N–H and O–H groups in total. The number of unbranched alkanes of at least 4 members (excludes halogenated alkanes) is 4. The molecular weight excluding hydrogens is 310 g/mol. The van der Waals surface area contributed by atoms with Crippen molar-refractivity contribution >= 4 is 15.9 Å². The van der Waals surface area contributed by atoms with Crippen molar-refractivity contribution in [2.75, 3.05) is 6.54 Å². The van der Waals surface area contributed by atoms with Crippen molar-refractivity contribution < 1.29 is 0 Å². The maximum atomic E-state index is 3.60. The van der Waals surface area contributed by atoms with E-state index >= 15 is 0 Å². The predicted molar refractivity (Wildman–Crippen MR) is 93.4 cm³/mol. The predicted octanol–water partition coefficient (Wildman–Crippen LogP) is 5.89. The van der Waals surface area contributed by atoms with Crippen LogP contribution in [0.1, 0.15) is 70.8 Å². The molecule has 0 aliphatic heterocycles. The third-order valence-corrected chi connectivity index (χ3v) is 4.24. The highest BCUT2D eigenvalue weighted by molar-refractivity contribution is 9.10. The van der Waals surface area contributed by atoms with Crippen LogP contribution in [0.25, 0.3) is 0 Å². The SMILES string of the molecule is CCCCCCCC(CNC(C)C)c1cccc(Br)c1. The largest absolute Gasteiger partial charge is 0.314 e. The van der Waals surface area contributed by atoms with Crippen LogP contribution in [0.4, 0.5) is 0 Å². The van der Waals surface area contributed by atoms with Crippen LogP contribution in [-0.2, 0) is 0 Å². The first-order valence-corrected chi connectivity index (χ1v) is 8.91. The Kier molecular flexibility index (Phi) is 9.21. The van der Waals surface area contributed by atoms with Crippen LogP contribution in [0, 0.1) is 0 Å². The summed E-state index contributed by atoms with van der Waals surface area (Å²) in [4.78, 5) is 0. The van der Waals surface area contributed by atoms with Gasteiger partial charge in [0.25, 0.3) is 0 Å². The number of hydrogen-bond donors (Lipinski definition) is 1. The molecule has 1 unspecified atom stereocenters. The molecule has 0 saturated heterocycles. The van der Waals surface area contributed by atoms with Gasteiger partial charge in [0.05, 0.1) is 0 Å². The van der Waals surface area contributed by atoms with Crippen molar-refractivity contribution in [1.82, 2.24) is 5.32 Å². The maximum absolute atomic E-state index is 3.60. The molecule has 1 atom stereocenters. The van der Waals surface area contributed by atoms with Gasteiger partial charge in [-0.1, -0.05) is 80.9 Å². The summed E-state index contributed by atoms with van der Waals surface area (Å²) in [5.74, 6) is 0.636. The van der Waals surface area contributed by atoms with Gasteiger partial charge in [-0.05, 0) is 30.0 Å². The zero-order valence-electron chi connectivity index (χ0n) is 13.3. The summed E-state index contributed by atoms with van der Waals surface area (Å²) < 4.78 is 1.19. The lowest BCUT2D eigenvalue weighted by atomic mass is 9.92. The molecule has 20 heavy (non-hydrogen) atoms. The minimum atomic E-state index is 0.560. The third kappa shape index (κ3) is 7.44. The summed E-state index contributed by atoms with van der Waals surface area (Å²) in [7, 11) is 0. The number of benzene rings is 1. The Labute approximate surface area is 133 Å². The zero-order valence-corrected chi connectivity index (χ0v) is 14.9. The number of nitrogens with one attached hydrogen (secondary N) is 1. The van der Waals surface area contributed by atoms with E-state index < -0.39 is 0 Å². The first kappa shape index (κ1) is 17.7. The van der Waals surface area contributed by atoms with Crippen LogP contribution in [0.2, 0.25) is 0 Å². The standard InChI is InChI=1S/C18H30BrN/c1-4-5-6-7-8-10-17(14-20-15(2)3)16-11-9-12-18(19)13-16/h9,11-13,15,17,20H,4-8,10,14H2,1-3H3. The van der Waals surface area contributed by atoms with Crippen molar-refractivity contribution in [3.05, 3.63) is 34.3 Å². The molecule has 0 spiro atoms. The molecular formula is C18H30BrN.